The molecule has 0 bridgehead atoms. The molecule has 0 saturated carbocycles. The first-order chi connectivity index (χ1) is 16.4. The maximum atomic E-state index is 9.90. The monoisotopic (exact) mass is 486 g/mol. The smallest absolute Gasteiger partial charge is 0.158 e. The van der Waals surface area contributed by atoms with Gasteiger partial charge in [-0.25, -0.2) is 0 Å². The van der Waals surface area contributed by atoms with E-state index in [4.69, 9.17) is 28.4 Å². The Morgan fingerprint density at radius 2 is 1.00 bits per heavy atom. The minimum absolute atomic E-state index is 0.0324. The molecule has 3 fully saturated rings. The van der Waals surface area contributed by atoms with Crippen molar-refractivity contribution in [2.45, 2.75) is 173 Å². The molecule has 10 unspecified atom stereocenters. The van der Waals surface area contributed by atoms with Gasteiger partial charge in [0.2, 0.25) is 0 Å². The van der Waals surface area contributed by atoms with Crippen molar-refractivity contribution in [3.8, 4) is 0 Å². The molecule has 0 aliphatic carbocycles. The summed E-state index contributed by atoms with van der Waals surface area (Å²) in [4.78, 5) is 0. The molecule has 0 aromatic carbocycles. The van der Waals surface area contributed by atoms with Crippen LogP contribution >= 0.6 is 0 Å². The first kappa shape index (κ1) is 28.3. The predicted molar refractivity (Wildman–Crippen MR) is 130 cm³/mol. The van der Waals surface area contributed by atoms with Crippen molar-refractivity contribution >= 4 is 0 Å². The van der Waals surface area contributed by atoms with Crippen molar-refractivity contribution in [3.05, 3.63) is 0 Å². The first-order valence-electron chi connectivity index (χ1n) is 14.0. The third-order valence-electron chi connectivity index (χ3n) is 6.98. The Labute approximate surface area is 207 Å². The van der Waals surface area contributed by atoms with Crippen LogP contribution in [0.1, 0.15) is 112 Å². The molecule has 0 radical (unpaired) electrons. The summed E-state index contributed by atoms with van der Waals surface area (Å²) in [6.45, 7) is 10.4. The molecule has 3 aliphatic heterocycles. The Balaban J connectivity index is 1.59. The van der Waals surface area contributed by atoms with Gasteiger partial charge in [0, 0.05) is 25.7 Å². The molecule has 3 aliphatic rings. The van der Waals surface area contributed by atoms with Gasteiger partial charge in [0.1, 0.15) is 0 Å². The highest BCUT2D eigenvalue weighted by atomic mass is 16.7. The Morgan fingerprint density at radius 3 is 1.44 bits per heavy atom. The highest BCUT2D eigenvalue weighted by Crippen LogP contribution is 2.34. The van der Waals surface area contributed by atoms with E-state index in [1.165, 1.54) is 0 Å². The average Bonchev–Trinajstić information content (AvgIpc) is 2.73. The molecule has 200 valence electrons. The molecule has 0 aromatic rings. The SMILES string of the molecule is CCCC1OC(C)CC(CC2CC(CC3CC(CC(C)O)OC(CCC)O3)OC(CCC)O2)O1. The van der Waals surface area contributed by atoms with Gasteiger partial charge in [0.25, 0.3) is 0 Å². The van der Waals surface area contributed by atoms with Crippen LogP contribution < -0.4 is 0 Å². The normalized spacial score (nSPS) is 40.2. The maximum Gasteiger partial charge on any atom is 0.158 e. The van der Waals surface area contributed by atoms with Crippen molar-refractivity contribution < 1.29 is 33.5 Å². The van der Waals surface area contributed by atoms with Gasteiger partial charge in [-0.3, -0.25) is 0 Å². The van der Waals surface area contributed by atoms with Crippen LogP contribution in [0.15, 0.2) is 0 Å². The zero-order valence-electron chi connectivity index (χ0n) is 22.2. The highest BCUT2D eigenvalue weighted by molar-refractivity contribution is 4.83. The molecule has 7 heteroatoms. The van der Waals surface area contributed by atoms with E-state index in [1.807, 2.05) is 6.92 Å². The number of ether oxygens (including phenoxy) is 6. The summed E-state index contributed by atoms with van der Waals surface area (Å²) in [5.74, 6) is 0. The van der Waals surface area contributed by atoms with Crippen molar-refractivity contribution in [1.29, 1.82) is 0 Å². The van der Waals surface area contributed by atoms with Gasteiger partial charge in [-0.05, 0) is 46.0 Å². The van der Waals surface area contributed by atoms with E-state index in [1.54, 1.807) is 0 Å². The molecule has 0 spiro atoms. The second-order valence-electron chi connectivity index (χ2n) is 10.7. The number of rotatable bonds is 12. The lowest BCUT2D eigenvalue weighted by molar-refractivity contribution is -0.285. The van der Waals surface area contributed by atoms with Crippen LogP contribution in [0, 0.1) is 0 Å². The van der Waals surface area contributed by atoms with E-state index in [0.29, 0.717) is 6.42 Å². The van der Waals surface area contributed by atoms with Gasteiger partial charge in [0.15, 0.2) is 18.9 Å². The Bertz CT molecular complexity index is 559. The lowest BCUT2D eigenvalue weighted by Crippen LogP contribution is -2.46. The van der Waals surface area contributed by atoms with Crippen LogP contribution in [0.3, 0.4) is 0 Å². The van der Waals surface area contributed by atoms with Crippen molar-refractivity contribution in [2.75, 3.05) is 0 Å². The molecular weight excluding hydrogens is 436 g/mol. The fourth-order valence-electron chi connectivity index (χ4n) is 5.56. The summed E-state index contributed by atoms with van der Waals surface area (Å²) in [6, 6.07) is 0. The average molecular weight is 487 g/mol. The summed E-state index contributed by atoms with van der Waals surface area (Å²) < 4.78 is 37.4. The molecule has 3 saturated heterocycles. The molecular formula is C27H50O7. The van der Waals surface area contributed by atoms with E-state index >= 15 is 0 Å². The largest absolute Gasteiger partial charge is 0.393 e. The maximum absolute atomic E-state index is 9.90. The van der Waals surface area contributed by atoms with Crippen LogP contribution in [0.4, 0.5) is 0 Å². The minimum Gasteiger partial charge on any atom is -0.393 e. The summed E-state index contributed by atoms with van der Waals surface area (Å²) in [7, 11) is 0. The van der Waals surface area contributed by atoms with Crippen LogP contribution in [-0.2, 0) is 28.4 Å². The van der Waals surface area contributed by atoms with Crippen LogP contribution in [0.25, 0.3) is 0 Å². The van der Waals surface area contributed by atoms with E-state index < -0.39 is 0 Å². The topological polar surface area (TPSA) is 75.6 Å². The minimum atomic E-state index is -0.373. The van der Waals surface area contributed by atoms with E-state index in [0.717, 1.165) is 70.6 Å². The standard InChI is InChI=1S/C27H50O7/c1-6-9-25-29-19(5)13-21(31-25)15-23-17-24(34-27(33-23)11-8-3)16-22-14-20(12-18(4)28)30-26(32-22)10-7-2/h18-28H,6-17H2,1-5H3. The van der Waals surface area contributed by atoms with E-state index in [-0.39, 0.29) is 61.6 Å². The fraction of sp³-hybridized carbons (Fsp3) is 1.00. The van der Waals surface area contributed by atoms with E-state index in [2.05, 4.69) is 27.7 Å². The number of aliphatic hydroxyl groups excluding tert-OH is 1. The van der Waals surface area contributed by atoms with Gasteiger partial charge in [0.05, 0.1) is 42.7 Å². The van der Waals surface area contributed by atoms with Crippen LogP contribution in [-0.4, -0.2) is 66.7 Å². The van der Waals surface area contributed by atoms with Gasteiger partial charge in [-0.2, -0.15) is 0 Å². The molecule has 1 N–H and O–H groups in total. The molecule has 7 nitrogen and oxygen atoms in total. The Hall–Kier alpha value is -0.280. The second kappa shape index (κ2) is 14.5. The lowest BCUT2D eigenvalue weighted by atomic mass is 9.94. The number of aliphatic hydroxyl groups is 1. The van der Waals surface area contributed by atoms with Crippen LogP contribution in [0.2, 0.25) is 0 Å². The number of hydrogen-bond donors (Lipinski definition) is 1. The Morgan fingerprint density at radius 1 is 0.618 bits per heavy atom. The zero-order valence-corrected chi connectivity index (χ0v) is 22.2. The molecule has 0 aromatic heterocycles. The van der Waals surface area contributed by atoms with Gasteiger partial charge in [-0.1, -0.05) is 40.0 Å². The van der Waals surface area contributed by atoms with Crippen molar-refractivity contribution in [2.24, 2.45) is 0 Å². The summed E-state index contributed by atoms with van der Waals surface area (Å²) in [5.41, 5.74) is 0. The van der Waals surface area contributed by atoms with Crippen molar-refractivity contribution in [1.82, 2.24) is 0 Å². The fourth-order valence-corrected chi connectivity index (χ4v) is 5.56. The van der Waals surface area contributed by atoms with Gasteiger partial charge in [-0.15, -0.1) is 0 Å². The van der Waals surface area contributed by atoms with E-state index in [9.17, 15) is 5.11 Å². The van der Waals surface area contributed by atoms with Gasteiger partial charge >= 0.3 is 0 Å². The predicted octanol–water partition coefficient (Wildman–Crippen LogP) is 5.46. The molecule has 34 heavy (non-hydrogen) atoms. The first-order valence-corrected chi connectivity index (χ1v) is 14.0. The van der Waals surface area contributed by atoms with Crippen LogP contribution in [0.5, 0.6) is 0 Å². The summed E-state index contributed by atoms with van der Waals surface area (Å²) >= 11 is 0. The lowest BCUT2D eigenvalue weighted by Gasteiger charge is -2.42. The molecule has 0 amide bonds. The quantitative estimate of drug-likeness (QED) is 0.393. The second-order valence-corrected chi connectivity index (χ2v) is 10.7. The third kappa shape index (κ3) is 9.30. The molecule has 10 atom stereocenters. The van der Waals surface area contributed by atoms with Gasteiger partial charge < -0.3 is 33.5 Å². The van der Waals surface area contributed by atoms with Crippen molar-refractivity contribution in [3.63, 3.8) is 0 Å². The Kier molecular flexibility index (Phi) is 12.0. The summed E-state index contributed by atoms with van der Waals surface area (Å²) in [5, 5.41) is 9.90. The third-order valence-corrected chi connectivity index (χ3v) is 6.98. The highest BCUT2D eigenvalue weighted by Gasteiger charge is 2.38. The summed E-state index contributed by atoms with van der Waals surface area (Å²) in [6.07, 6.45) is 10.6. The number of hydrogen-bond acceptors (Lipinski definition) is 7. The molecule has 3 heterocycles. The zero-order chi connectivity index (χ0) is 24.5. The molecule has 3 rings (SSSR count).